The fraction of sp³-hybridized carbons (Fsp3) is 0.308. The average Bonchev–Trinajstić information content (AvgIpc) is 3.33. The Morgan fingerprint density at radius 3 is 2.56 bits per heavy atom. The minimum absolute atomic E-state index is 0.148. The third-order valence-electron chi connectivity index (χ3n) is 5.51. The zero-order chi connectivity index (χ0) is 26.1. The van der Waals surface area contributed by atoms with Gasteiger partial charge in [0.1, 0.15) is 10.4 Å². The monoisotopic (exact) mass is 543 g/mol. The molecule has 10 heteroatoms. The lowest BCUT2D eigenvalue weighted by molar-refractivity contribution is -0.139. The zero-order valence-corrected chi connectivity index (χ0v) is 22.8. The van der Waals surface area contributed by atoms with Gasteiger partial charge in [-0.15, -0.1) is 11.3 Å². The number of carboxylic acid groups (broad SMARTS) is 1. The van der Waals surface area contributed by atoms with Crippen LogP contribution in [0.4, 0.5) is 5.69 Å². The van der Waals surface area contributed by atoms with E-state index in [0.29, 0.717) is 35.4 Å². The van der Waals surface area contributed by atoms with E-state index in [4.69, 9.17) is 0 Å². The molecule has 3 N–H and O–H groups in total. The Bertz CT molecular complexity index is 1230. The second-order valence-corrected chi connectivity index (χ2v) is 11.0. The Morgan fingerprint density at radius 1 is 1.11 bits per heavy atom. The molecule has 0 saturated heterocycles. The average molecular weight is 544 g/mol. The first-order valence-electron chi connectivity index (χ1n) is 11.3. The number of carboxylic acids is 1. The minimum atomic E-state index is -1.07. The molecule has 190 valence electrons. The highest BCUT2D eigenvalue weighted by molar-refractivity contribution is 8.00. The van der Waals surface area contributed by atoms with Crippen LogP contribution in [0.5, 0.6) is 0 Å². The maximum absolute atomic E-state index is 13.2. The van der Waals surface area contributed by atoms with Crippen molar-refractivity contribution in [1.29, 1.82) is 0 Å². The van der Waals surface area contributed by atoms with Crippen molar-refractivity contribution in [3.63, 3.8) is 0 Å². The number of amides is 2. The van der Waals surface area contributed by atoms with Gasteiger partial charge in [0.2, 0.25) is 5.91 Å². The summed E-state index contributed by atoms with van der Waals surface area (Å²) in [4.78, 5) is 41.9. The number of thiazole rings is 1. The molecular formula is C26H29N3O4S3. The molecule has 1 atom stereocenters. The second kappa shape index (κ2) is 13.5. The molecule has 0 fully saturated rings. The van der Waals surface area contributed by atoms with E-state index < -0.39 is 17.9 Å². The minimum Gasteiger partial charge on any atom is -0.480 e. The summed E-state index contributed by atoms with van der Waals surface area (Å²) in [5, 5.41) is 17.1. The van der Waals surface area contributed by atoms with Crippen molar-refractivity contribution in [2.45, 2.75) is 36.6 Å². The van der Waals surface area contributed by atoms with Crippen molar-refractivity contribution in [2.24, 2.45) is 0 Å². The quantitative estimate of drug-likeness (QED) is 0.264. The van der Waals surface area contributed by atoms with Crippen LogP contribution in [0.2, 0.25) is 0 Å². The molecule has 7 nitrogen and oxygen atoms in total. The fourth-order valence-corrected chi connectivity index (χ4v) is 5.40. The summed E-state index contributed by atoms with van der Waals surface area (Å²) in [5.74, 6) is -1.06. The summed E-state index contributed by atoms with van der Waals surface area (Å²) in [6.45, 7) is 1.94. The SMILES string of the molecule is CSCC[C@H](NC(=O)c1ccc(NC(=O)CCc2csc(SC)n2)cc1-c1ccccc1C)C(=O)O. The van der Waals surface area contributed by atoms with E-state index in [2.05, 4.69) is 15.6 Å². The van der Waals surface area contributed by atoms with Gasteiger partial charge in [-0.3, -0.25) is 9.59 Å². The summed E-state index contributed by atoms with van der Waals surface area (Å²) in [5.41, 5.74) is 4.23. The van der Waals surface area contributed by atoms with Crippen molar-refractivity contribution >= 4 is 58.3 Å². The first-order valence-corrected chi connectivity index (χ1v) is 14.8. The van der Waals surface area contributed by atoms with E-state index in [-0.39, 0.29) is 12.3 Å². The number of carbonyl (C=O) groups excluding carboxylic acids is 2. The van der Waals surface area contributed by atoms with Crippen molar-refractivity contribution in [3.8, 4) is 11.1 Å². The molecule has 3 aromatic rings. The number of carbonyl (C=O) groups is 3. The van der Waals surface area contributed by atoms with Gasteiger partial charge in [-0.1, -0.05) is 36.0 Å². The van der Waals surface area contributed by atoms with Gasteiger partial charge in [0.05, 0.1) is 5.69 Å². The van der Waals surface area contributed by atoms with Crippen LogP contribution in [0.15, 0.2) is 52.2 Å². The molecule has 3 rings (SSSR count). The van der Waals surface area contributed by atoms with Crippen LogP contribution < -0.4 is 10.6 Å². The number of hydrogen-bond donors (Lipinski definition) is 3. The van der Waals surface area contributed by atoms with Gasteiger partial charge in [0.25, 0.3) is 5.91 Å². The van der Waals surface area contributed by atoms with E-state index in [9.17, 15) is 19.5 Å². The van der Waals surface area contributed by atoms with Crippen LogP contribution >= 0.6 is 34.9 Å². The number of aliphatic carboxylic acids is 1. The van der Waals surface area contributed by atoms with Gasteiger partial charge in [-0.05, 0) is 72.9 Å². The van der Waals surface area contributed by atoms with Crippen LogP contribution in [-0.4, -0.2) is 52.2 Å². The lowest BCUT2D eigenvalue weighted by Gasteiger charge is -2.18. The summed E-state index contributed by atoms with van der Waals surface area (Å²) in [7, 11) is 0. The number of benzene rings is 2. The molecule has 0 saturated carbocycles. The van der Waals surface area contributed by atoms with Crippen LogP contribution in [0, 0.1) is 6.92 Å². The van der Waals surface area contributed by atoms with Gasteiger partial charge in [-0.25, -0.2) is 9.78 Å². The third kappa shape index (κ3) is 7.59. The number of aryl methyl sites for hydroxylation is 2. The Hall–Kier alpha value is -2.82. The molecule has 2 aromatic carbocycles. The number of nitrogens with zero attached hydrogens (tertiary/aromatic N) is 1. The Kier molecular flexibility index (Phi) is 10.4. The smallest absolute Gasteiger partial charge is 0.326 e. The number of aromatic nitrogens is 1. The third-order valence-corrected chi connectivity index (χ3v) is 8.07. The molecule has 0 radical (unpaired) electrons. The standard InChI is InChI=1S/C26H29N3O4S3/c1-16-6-4-5-7-19(16)21-14-17(27-23(30)11-9-18-15-36-26(28-18)35-3)8-10-20(21)24(31)29-22(25(32)33)12-13-34-2/h4-8,10,14-15,22H,9,11-13H2,1-3H3,(H,27,30)(H,29,31)(H,32,33)/t22-/m0/s1. The maximum atomic E-state index is 13.2. The lowest BCUT2D eigenvalue weighted by atomic mass is 9.94. The zero-order valence-electron chi connectivity index (χ0n) is 20.4. The molecule has 0 unspecified atom stereocenters. The normalized spacial score (nSPS) is 11.6. The topological polar surface area (TPSA) is 108 Å². The lowest BCUT2D eigenvalue weighted by Crippen LogP contribution is -2.41. The van der Waals surface area contributed by atoms with Crippen molar-refractivity contribution in [3.05, 3.63) is 64.7 Å². The number of hydrogen-bond acceptors (Lipinski definition) is 7. The van der Waals surface area contributed by atoms with E-state index in [1.165, 1.54) is 11.8 Å². The van der Waals surface area contributed by atoms with E-state index >= 15 is 0 Å². The summed E-state index contributed by atoms with van der Waals surface area (Å²) in [6, 6.07) is 11.7. The molecule has 0 spiro atoms. The van der Waals surface area contributed by atoms with Crippen LogP contribution in [0.1, 0.15) is 34.5 Å². The van der Waals surface area contributed by atoms with Crippen molar-refractivity contribution in [1.82, 2.24) is 10.3 Å². The van der Waals surface area contributed by atoms with Crippen molar-refractivity contribution < 1.29 is 19.5 Å². The molecule has 0 aliphatic heterocycles. The largest absolute Gasteiger partial charge is 0.480 e. The van der Waals surface area contributed by atoms with Gasteiger partial charge >= 0.3 is 5.97 Å². The predicted octanol–water partition coefficient (Wildman–Crippen LogP) is 5.35. The van der Waals surface area contributed by atoms with E-state index in [1.807, 2.05) is 49.1 Å². The molecule has 36 heavy (non-hydrogen) atoms. The Labute approximate surface area is 223 Å². The summed E-state index contributed by atoms with van der Waals surface area (Å²) < 4.78 is 0.973. The first-order chi connectivity index (χ1) is 17.3. The maximum Gasteiger partial charge on any atom is 0.326 e. The number of nitrogens with one attached hydrogen (secondary N) is 2. The Balaban J connectivity index is 1.82. The first kappa shape index (κ1) is 27.8. The molecule has 1 aromatic heterocycles. The van der Waals surface area contributed by atoms with Crippen LogP contribution in [-0.2, 0) is 16.0 Å². The van der Waals surface area contributed by atoms with Gasteiger partial charge < -0.3 is 15.7 Å². The highest BCUT2D eigenvalue weighted by Crippen LogP contribution is 2.30. The summed E-state index contributed by atoms with van der Waals surface area (Å²) in [6.07, 6.45) is 5.02. The second-order valence-electron chi connectivity index (χ2n) is 8.08. The van der Waals surface area contributed by atoms with Crippen LogP contribution in [0.25, 0.3) is 11.1 Å². The van der Waals surface area contributed by atoms with Gasteiger partial charge in [-0.2, -0.15) is 11.8 Å². The number of rotatable bonds is 12. The van der Waals surface area contributed by atoms with Gasteiger partial charge in [0, 0.05) is 23.1 Å². The summed E-state index contributed by atoms with van der Waals surface area (Å²) >= 11 is 4.67. The molecular weight excluding hydrogens is 515 g/mol. The fourth-order valence-electron chi connectivity index (χ4n) is 3.61. The van der Waals surface area contributed by atoms with Crippen molar-refractivity contribution in [2.75, 3.05) is 23.6 Å². The molecule has 2 amide bonds. The molecule has 0 aliphatic rings. The Morgan fingerprint density at radius 2 is 1.89 bits per heavy atom. The van der Waals surface area contributed by atoms with E-state index in [1.54, 1.807) is 41.3 Å². The number of thioether (sulfide) groups is 2. The number of anilines is 1. The van der Waals surface area contributed by atoms with Crippen LogP contribution in [0.3, 0.4) is 0 Å². The molecule has 0 bridgehead atoms. The highest BCUT2D eigenvalue weighted by atomic mass is 32.2. The predicted molar refractivity (Wildman–Crippen MR) is 149 cm³/mol. The molecule has 1 heterocycles. The molecule has 0 aliphatic carbocycles. The van der Waals surface area contributed by atoms with Gasteiger partial charge in [0.15, 0.2) is 0 Å². The van der Waals surface area contributed by atoms with E-state index in [0.717, 1.165) is 21.2 Å². The highest BCUT2D eigenvalue weighted by Gasteiger charge is 2.23.